The summed E-state index contributed by atoms with van der Waals surface area (Å²) in [5.74, 6) is 0.343. The van der Waals surface area contributed by atoms with Crippen LogP contribution in [0.4, 0.5) is 4.39 Å². The lowest BCUT2D eigenvalue weighted by molar-refractivity contribution is 0.0955. The number of nitrogens with zero attached hydrogens (tertiary/aromatic N) is 5. The third-order valence-electron chi connectivity index (χ3n) is 3.86. The lowest BCUT2D eigenvalue weighted by Gasteiger charge is -2.02. The van der Waals surface area contributed by atoms with Gasteiger partial charge in [-0.2, -0.15) is 5.10 Å². The number of furan rings is 1. The van der Waals surface area contributed by atoms with Crippen molar-refractivity contribution < 1.29 is 13.6 Å². The summed E-state index contributed by atoms with van der Waals surface area (Å²) in [6.07, 6.45) is 2.85. The zero-order valence-corrected chi connectivity index (χ0v) is 14.4. The minimum atomic E-state index is -0.371. The molecule has 0 aliphatic carbocycles. The summed E-state index contributed by atoms with van der Waals surface area (Å²) in [5.41, 5.74) is 4.34. The summed E-state index contributed by atoms with van der Waals surface area (Å²) in [4.78, 5) is 12.2. The number of nitrogens with one attached hydrogen (secondary N) is 1. The summed E-state index contributed by atoms with van der Waals surface area (Å²) < 4.78 is 20.1. The molecule has 4 rings (SSSR count). The average molecular weight is 376 g/mol. The fraction of sp³-hybridized carbons (Fsp3) is 0. The van der Waals surface area contributed by atoms with Crippen molar-refractivity contribution in [1.29, 1.82) is 0 Å². The second-order valence-corrected chi connectivity index (χ2v) is 5.71. The van der Waals surface area contributed by atoms with Crippen LogP contribution in [0.2, 0.25) is 0 Å². The van der Waals surface area contributed by atoms with Crippen molar-refractivity contribution in [3.63, 3.8) is 0 Å². The van der Waals surface area contributed by atoms with E-state index in [4.69, 9.17) is 4.42 Å². The standard InChI is InChI=1S/C19H13FN6O2/c20-15-5-1-13(2-6-15)18-10-9-17(28-18)11-21-23-19(27)14-3-7-16(8-4-14)26-12-22-24-25-26/h1-12H,(H,23,27)/b21-11+. The molecule has 9 heteroatoms. The van der Waals surface area contributed by atoms with E-state index in [0.29, 0.717) is 17.1 Å². The Morgan fingerprint density at radius 3 is 2.57 bits per heavy atom. The Balaban J connectivity index is 1.38. The van der Waals surface area contributed by atoms with E-state index in [1.54, 1.807) is 48.5 Å². The lowest BCUT2D eigenvalue weighted by atomic mass is 10.2. The maximum absolute atomic E-state index is 13.0. The van der Waals surface area contributed by atoms with Gasteiger partial charge < -0.3 is 4.42 Å². The maximum Gasteiger partial charge on any atom is 0.271 e. The number of halogens is 1. The van der Waals surface area contributed by atoms with E-state index < -0.39 is 0 Å². The topological polar surface area (TPSA) is 98.2 Å². The van der Waals surface area contributed by atoms with Gasteiger partial charge in [0, 0.05) is 11.1 Å². The minimum absolute atomic E-state index is 0.314. The van der Waals surface area contributed by atoms with Gasteiger partial charge in [0.25, 0.3) is 5.91 Å². The summed E-state index contributed by atoms with van der Waals surface area (Å²) in [6.45, 7) is 0. The van der Waals surface area contributed by atoms with E-state index in [2.05, 4.69) is 26.1 Å². The second-order valence-electron chi connectivity index (χ2n) is 5.71. The summed E-state index contributed by atoms with van der Waals surface area (Å²) in [5, 5.41) is 14.8. The molecule has 138 valence electrons. The molecule has 2 aromatic carbocycles. The highest BCUT2D eigenvalue weighted by Crippen LogP contribution is 2.21. The van der Waals surface area contributed by atoms with Crippen LogP contribution in [0.25, 0.3) is 17.0 Å². The summed E-state index contributed by atoms with van der Waals surface area (Å²) in [7, 11) is 0. The van der Waals surface area contributed by atoms with Crippen LogP contribution in [0.3, 0.4) is 0 Å². The first kappa shape index (κ1) is 17.3. The fourth-order valence-corrected chi connectivity index (χ4v) is 2.46. The predicted molar refractivity (Wildman–Crippen MR) is 98.3 cm³/mol. The first-order chi connectivity index (χ1) is 13.7. The van der Waals surface area contributed by atoms with Crippen LogP contribution in [0, 0.1) is 5.82 Å². The third kappa shape index (κ3) is 3.83. The van der Waals surface area contributed by atoms with Gasteiger partial charge in [-0.05, 0) is 71.1 Å². The van der Waals surface area contributed by atoms with E-state index in [-0.39, 0.29) is 11.7 Å². The van der Waals surface area contributed by atoms with E-state index >= 15 is 0 Å². The average Bonchev–Trinajstić information content (AvgIpc) is 3.41. The highest BCUT2D eigenvalue weighted by Gasteiger charge is 2.06. The highest BCUT2D eigenvalue weighted by molar-refractivity contribution is 5.94. The van der Waals surface area contributed by atoms with Crippen molar-refractivity contribution in [2.45, 2.75) is 0 Å². The van der Waals surface area contributed by atoms with Gasteiger partial charge in [0.15, 0.2) is 0 Å². The quantitative estimate of drug-likeness (QED) is 0.427. The summed E-state index contributed by atoms with van der Waals surface area (Å²) >= 11 is 0. The van der Waals surface area contributed by atoms with Crippen molar-refractivity contribution in [3.8, 4) is 17.0 Å². The smallest absolute Gasteiger partial charge is 0.271 e. The van der Waals surface area contributed by atoms with E-state index in [1.165, 1.54) is 29.4 Å². The van der Waals surface area contributed by atoms with Gasteiger partial charge in [-0.3, -0.25) is 4.79 Å². The molecule has 0 aliphatic rings. The van der Waals surface area contributed by atoms with Crippen molar-refractivity contribution in [2.24, 2.45) is 5.10 Å². The second kappa shape index (κ2) is 7.62. The molecular formula is C19H13FN6O2. The molecule has 0 saturated carbocycles. The van der Waals surface area contributed by atoms with Crippen molar-refractivity contribution in [3.05, 3.63) is 84.1 Å². The third-order valence-corrected chi connectivity index (χ3v) is 3.86. The number of amides is 1. The number of tetrazole rings is 1. The number of benzene rings is 2. The number of hydrogen-bond acceptors (Lipinski definition) is 6. The number of carbonyl (C=O) groups excluding carboxylic acids is 1. The Morgan fingerprint density at radius 2 is 1.86 bits per heavy atom. The van der Waals surface area contributed by atoms with Crippen LogP contribution in [-0.4, -0.2) is 32.3 Å². The first-order valence-electron chi connectivity index (χ1n) is 8.22. The molecule has 0 spiro atoms. The molecule has 0 aliphatic heterocycles. The van der Waals surface area contributed by atoms with Gasteiger partial charge in [-0.1, -0.05) is 0 Å². The van der Waals surface area contributed by atoms with Crippen LogP contribution in [0.1, 0.15) is 16.1 Å². The molecule has 4 aromatic rings. The van der Waals surface area contributed by atoms with E-state index in [0.717, 1.165) is 11.3 Å². The number of rotatable bonds is 5. The number of hydrazone groups is 1. The molecule has 0 bridgehead atoms. The molecule has 0 unspecified atom stereocenters. The van der Waals surface area contributed by atoms with Crippen LogP contribution in [-0.2, 0) is 0 Å². The molecule has 0 radical (unpaired) electrons. The zero-order chi connectivity index (χ0) is 19.3. The predicted octanol–water partition coefficient (Wildman–Crippen LogP) is 2.83. The zero-order valence-electron chi connectivity index (χ0n) is 14.4. The van der Waals surface area contributed by atoms with Crippen LogP contribution in [0.5, 0.6) is 0 Å². The molecule has 1 amide bonds. The molecular weight excluding hydrogens is 363 g/mol. The van der Waals surface area contributed by atoms with Crippen LogP contribution >= 0.6 is 0 Å². The molecule has 0 saturated heterocycles. The molecule has 2 aromatic heterocycles. The molecule has 0 fully saturated rings. The Morgan fingerprint density at radius 1 is 1.07 bits per heavy atom. The molecule has 0 atom stereocenters. The normalized spacial score (nSPS) is 11.0. The minimum Gasteiger partial charge on any atom is -0.455 e. The first-order valence-corrected chi connectivity index (χ1v) is 8.22. The van der Waals surface area contributed by atoms with Crippen molar-refractivity contribution >= 4 is 12.1 Å². The van der Waals surface area contributed by atoms with Gasteiger partial charge in [-0.25, -0.2) is 14.5 Å². The molecule has 2 heterocycles. The Hall–Kier alpha value is -4.14. The van der Waals surface area contributed by atoms with E-state index in [9.17, 15) is 9.18 Å². The SMILES string of the molecule is O=C(N/N=C/c1ccc(-c2ccc(F)cc2)o1)c1ccc(-n2cnnn2)cc1. The fourth-order valence-electron chi connectivity index (χ4n) is 2.46. The Kier molecular flexibility index (Phi) is 4.70. The lowest BCUT2D eigenvalue weighted by Crippen LogP contribution is -2.17. The van der Waals surface area contributed by atoms with Crippen molar-refractivity contribution in [2.75, 3.05) is 0 Å². The maximum atomic E-state index is 13.0. The molecule has 28 heavy (non-hydrogen) atoms. The highest BCUT2D eigenvalue weighted by atomic mass is 19.1. The van der Waals surface area contributed by atoms with Gasteiger partial charge in [0.05, 0.1) is 11.9 Å². The van der Waals surface area contributed by atoms with Crippen molar-refractivity contribution in [1.82, 2.24) is 25.6 Å². The van der Waals surface area contributed by atoms with Crippen LogP contribution in [0.15, 0.2) is 76.5 Å². The van der Waals surface area contributed by atoms with Crippen LogP contribution < -0.4 is 5.43 Å². The Bertz CT molecular complexity index is 1100. The molecule has 8 nitrogen and oxygen atoms in total. The monoisotopic (exact) mass is 376 g/mol. The van der Waals surface area contributed by atoms with Gasteiger partial charge in [-0.15, -0.1) is 5.10 Å². The number of hydrogen-bond donors (Lipinski definition) is 1. The summed E-state index contributed by atoms with van der Waals surface area (Å²) in [6, 6.07) is 16.1. The largest absolute Gasteiger partial charge is 0.455 e. The van der Waals surface area contributed by atoms with Gasteiger partial charge in [0.2, 0.25) is 0 Å². The van der Waals surface area contributed by atoms with Gasteiger partial charge >= 0.3 is 0 Å². The van der Waals surface area contributed by atoms with E-state index in [1.807, 2.05) is 0 Å². The molecule has 1 N–H and O–H groups in total. The van der Waals surface area contributed by atoms with Gasteiger partial charge in [0.1, 0.15) is 23.7 Å². The number of carbonyl (C=O) groups is 1. The Labute approximate surface area is 158 Å². The number of aromatic nitrogens is 4.